The maximum absolute atomic E-state index is 13.0. The summed E-state index contributed by atoms with van der Waals surface area (Å²) in [5.74, 6) is -0.898. The van der Waals surface area contributed by atoms with Gasteiger partial charge in [0.1, 0.15) is 12.1 Å². The molecule has 3 aliphatic rings. The third kappa shape index (κ3) is 4.94. The van der Waals surface area contributed by atoms with Crippen molar-refractivity contribution in [3.63, 3.8) is 0 Å². The van der Waals surface area contributed by atoms with E-state index in [1.54, 1.807) is 0 Å². The summed E-state index contributed by atoms with van der Waals surface area (Å²) in [6.07, 6.45) is 2.05. The Labute approximate surface area is 177 Å². The second-order valence-corrected chi connectivity index (χ2v) is 11.5. The van der Waals surface area contributed by atoms with Crippen LogP contribution in [0.15, 0.2) is 0 Å². The summed E-state index contributed by atoms with van der Waals surface area (Å²) >= 11 is 0. The molecule has 0 bridgehead atoms. The topological polar surface area (TPSA) is 125 Å². The lowest BCUT2D eigenvalue weighted by Crippen LogP contribution is -2.54. The summed E-state index contributed by atoms with van der Waals surface area (Å²) in [6.45, 7) is 7.03. The van der Waals surface area contributed by atoms with Crippen LogP contribution in [-0.4, -0.2) is 86.2 Å². The Balaban J connectivity index is 1.54. The fourth-order valence-corrected chi connectivity index (χ4v) is 6.45. The number of urea groups is 1. The molecule has 2 saturated heterocycles. The summed E-state index contributed by atoms with van der Waals surface area (Å²) in [5, 5.41) is 5.34. The van der Waals surface area contributed by atoms with E-state index in [9.17, 15) is 22.8 Å². The number of carbonyl (C=O) groups excluding carboxylic acids is 3. The predicted molar refractivity (Wildman–Crippen MR) is 109 cm³/mol. The standard InChI is InChI=1S/C19H32N4O6S/c1-14-10-18(2,3)13-19(11-14)16(25)23(17(26)21-19)12-15(24)20-4-9-30(27,28)22-5-7-29-8-6-22/h14H,4-13H2,1-3H3,(H,20,24)(H,21,26). The van der Waals surface area contributed by atoms with Gasteiger partial charge < -0.3 is 15.4 Å². The van der Waals surface area contributed by atoms with Crippen LogP contribution in [0.5, 0.6) is 0 Å². The average Bonchev–Trinajstić information content (AvgIpc) is 2.84. The Bertz CT molecular complexity index is 808. The van der Waals surface area contributed by atoms with E-state index < -0.39 is 34.0 Å². The highest BCUT2D eigenvalue weighted by molar-refractivity contribution is 7.89. The van der Waals surface area contributed by atoms with E-state index in [4.69, 9.17) is 4.74 Å². The first kappa shape index (κ1) is 23.0. The van der Waals surface area contributed by atoms with Crippen molar-refractivity contribution in [2.24, 2.45) is 11.3 Å². The SMILES string of the molecule is CC1CC(C)(C)CC2(C1)NC(=O)N(CC(=O)NCCS(=O)(=O)N1CCOCC1)C2=O. The molecule has 30 heavy (non-hydrogen) atoms. The number of carbonyl (C=O) groups is 3. The highest BCUT2D eigenvalue weighted by Gasteiger charge is 2.56. The second kappa shape index (κ2) is 8.43. The van der Waals surface area contributed by atoms with E-state index >= 15 is 0 Å². The van der Waals surface area contributed by atoms with Gasteiger partial charge in [-0.1, -0.05) is 20.8 Å². The molecule has 2 unspecified atom stereocenters. The minimum atomic E-state index is -3.49. The first-order valence-electron chi connectivity index (χ1n) is 10.4. The number of hydrogen-bond acceptors (Lipinski definition) is 6. The number of morpholine rings is 1. The number of nitrogens with zero attached hydrogens (tertiary/aromatic N) is 2. The molecule has 4 amide bonds. The van der Waals surface area contributed by atoms with Crippen molar-refractivity contribution in [2.45, 2.75) is 45.6 Å². The van der Waals surface area contributed by atoms with E-state index in [0.717, 1.165) is 11.3 Å². The summed E-state index contributed by atoms with van der Waals surface area (Å²) in [4.78, 5) is 38.7. The van der Waals surface area contributed by atoms with E-state index in [-0.39, 0.29) is 29.5 Å². The maximum atomic E-state index is 13.0. The Morgan fingerprint density at radius 3 is 2.53 bits per heavy atom. The molecule has 0 radical (unpaired) electrons. The van der Waals surface area contributed by atoms with Crippen LogP contribution in [0.2, 0.25) is 0 Å². The monoisotopic (exact) mass is 444 g/mol. The zero-order chi connectivity index (χ0) is 22.2. The van der Waals surface area contributed by atoms with Gasteiger partial charge in [0.05, 0.1) is 19.0 Å². The highest BCUT2D eigenvalue weighted by atomic mass is 32.2. The third-order valence-electron chi connectivity index (χ3n) is 5.97. The first-order chi connectivity index (χ1) is 13.9. The minimum Gasteiger partial charge on any atom is -0.379 e. The van der Waals surface area contributed by atoms with Gasteiger partial charge in [-0.15, -0.1) is 0 Å². The maximum Gasteiger partial charge on any atom is 0.325 e. The van der Waals surface area contributed by atoms with Gasteiger partial charge in [-0.05, 0) is 30.6 Å². The predicted octanol–water partition coefficient (Wildman–Crippen LogP) is -0.0986. The molecular formula is C19H32N4O6S. The fourth-order valence-electron chi connectivity index (χ4n) is 5.12. The molecule has 0 aromatic carbocycles. The molecular weight excluding hydrogens is 412 g/mol. The Hall–Kier alpha value is -1.72. The van der Waals surface area contributed by atoms with Gasteiger partial charge in [0, 0.05) is 19.6 Å². The molecule has 1 aliphatic carbocycles. The number of sulfonamides is 1. The molecule has 3 rings (SSSR count). The van der Waals surface area contributed by atoms with Crippen molar-refractivity contribution in [3.05, 3.63) is 0 Å². The quantitative estimate of drug-likeness (QED) is 0.551. The molecule has 3 fully saturated rings. The van der Waals surface area contributed by atoms with Crippen LogP contribution < -0.4 is 10.6 Å². The van der Waals surface area contributed by atoms with Gasteiger partial charge in [0.2, 0.25) is 15.9 Å². The van der Waals surface area contributed by atoms with Crippen LogP contribution in [0.25, 0.3) is 0 Å². The smallest absolute Gasteiger partial charge is 0.325 e. The van der Waals surface area contributed by atoms with E-state index in [2.05, 4.69) is 31.4 Å². The van der Waals surface area contributed by atoms with Crippen LogP contribution in [0, 0.1) is 11.3 Å². The van der Waals surface area contributed by atoms with E-state index in [1.807, 2.05) is 0 Å². The summed E-state index contributed by atoms with van der Waals surface area (Å²) < 4.78 is 31.1. The van der Waals surface area contributed by atoms with Gasteiger partial charge in [-0.2, -0.15) is 4.31 Å². The highest BCUT2D eigenvalue weighted by Crippen LogP contribution is 2.46. The molecule has 0 aromatic rings. The van der Waals surface area contributed by atoms with Gasteiger partial charge in [0.25, 0.3) is 5.91 Å². The molecule has 2 atom stereocenters. The Morgan fingerprint density at radius 2 is 1.90 bits per heavy atom. The van der Waals surface area contributed by atoms with E-state index in [0.29, 0.717) is 39.1 Å². The third-order valence-corrected chi connectivity index (χ3v) is 7.84. The van der Waals surface area contributed by atoms with Crippen LogP contribution >= 0.6 is 0 Å². The van der Waals surface area contributed by atoms with Crippen molar-refractivity contribution in [3.8, 4) is 0 Å². The zero-order valence-corrected chi connectivity index (χ0v) is 18.7. The summed E-state index contributed by atoms with van der Waals surface area (Å²) in [6, 6.07) is -0.569. The average molecular weight is 445 g/mol. The van der Waals surface area contributed by atoms with E-state index in [1.165, 1.54) is 4.31 Å². The van der Waals surface area contributed by atoms with Gasteiger partial charge in [0.15, 0.2) is 0 Å². The molecule has 10 nitrogen and oxygen atoms in total. The lowest BCUT2D eigenvalue weighted by molar-refractivity contribution is -0.137. The van der Waals surface area contributed by atoms with Crippen LogP contribution in [0.3, 0.4) is 0 Å². The van der Waals surface area contributed by atoms with Crippen molar-refractivity contribution < 1.29 is 27.5 Å². The summed E-state index contributed by atoms with van der Waals surface area (Å²) in [5.41, 5.74) is -1.05. The van der Waals surface area contributed by atoms with Crippen molar-refractivity contribution >= 4 is 27.9 Å². The zero-order valence-electron chi connectivity index (χ0n) is 17.9. The molecule has 170 valence electrons. The molecule has 1 saturated carbocycles. The molecule has 2 N–H and O–H groups in total. The first-order valence-corrected chi connectivity index (χ1v) is 12.0. The normalized spacial score (nSPS) is 29.8. The van der Waals surface area contributed by atoms with Crippen LogP contribution in [0.1, 0.15) is 40.0 Å². The van der Waals surface area contributed by atoms with Crippen LogP contribution in [-0.2, 0) is 24.3 Å². The molecule has 0 aromatic heterocycles. The largest absolute Gasteiger partial charge is 0.379 e. The molecule has 11 heteroatoms. The van der Waals surface area contributed by atoms with Crippen molar-refractivity contribution in [1.82, 2.24) is 19.8 Å². The second-order valence-electron chi connectivity index (χ2n) is 9.44. The number of hydrogen-bond donors (Lipinski definition) is 2. The number of imide groups is 1. The molecule has 2 heterocycles. The Kier molecular flexibility index (Phi) is 6.45. The number of rotatable bonds is 6. The van der Waals surface area contributed by atoms with Crippen LogP contribution in [0.4, 0.5) is 4.79 Å². The Morgan fingerprint density at radius 1 is 1.23 bits per heavy atom. The number of ether oxygens (including phenoxy) is 1. The van der Waals surface area contributed by atoms with Gasteiger partial charge in [-0.25, -0.2) is 13.2 Å². The van der Waals surface area contributed by atoms with Crippen molar-refractivity contribution in [2.75, 3.05) is 45.1 Å². The number of nitrogens with one attached hydrogen (secondary N) is 2. The minimum absolute atomic E-state index is 0.0859. The van der Waals surface area contributed by atoms with Gasteiger partial charge >= 0.3 is 6.03 Å². The molecule has 1 spiro atoms. The van der Waals surface area contributed by atoms with Crippen molar-refractivity contribution in [1.29, 1.82) is 0 Å². The number of amides is 4. The fraction of sp³-hybridized carbons (Fsp3) is 0.842. The molecule has 2 aliphatic heterocycles. The van der Waals surface area contributed by atoms with Gasteiger partial charge in [-0.3, -0.25) is 14.5 Å². The summed E-state index contributed by atoms with van der Waals surface area (Å²) in [7, 11) is -3.49. The lowest BCUT2D eigenvalue weighted by Gasteiger charge is -2.43. The lowest BCUT2D eigenvalue weighted by atomic mass is 9.64.